The van der Waals surface area contributed by atoms with Crippen molar-refractivity contribution in [1.82, 2.24) is 10.2 Å². The first kappa shape index (κ1) is 17.7. The van der Waals surface area contributed by atoms with Gasteiger partial charge in [-0.15, -0.1) is 11.3 Å². The number of hydrogen-bond acceptors (Lipinski definition) is 4. The first-order valence-corrected chi connectivity index (χ1v) is 9.51. The molecule has 1 aromatic carbocycles. The summed E-state index contributed by atoms with van der Waals surface area (Å²) in [6, 6.07) is 12.2. The van der Waals surface area contributed by atoms with Crippen molar-refractivity contribution < 1.29 is 9.53 Å². The van der Waals surface area contributed by atoms with Crippen LogP contribution in [-0.2, 0) is 4.79 Å². The van der Waals surface area contributed by atoms with E-state index in [9.17, 15) is 4.79 Å². The number of rotatable bonds is 7. The van der Waals surface area contributed by atoms with Gasteiger partial charge in [0.15, 0.2) is 0 Å². The Hall–Kier alpha value is -2.11. The normalized spacial score (nSPS) is 16.2. The molecule has 0 saturated carbocycles. The van der Waals surface area contributed by atoms with Crippen LogP contribution in [0.2, 0.25) is 0 Å². The Labute approximate surface area is 153 Å². The Kier molecular flexibility index (Phi) is 6.25. The second kappa shape index (κ2) is 8.83. The van der Waals surface area contributed by atoms with E-state index in [0.717, 1.165) is 24.4 Å². The van der Waals surface area contributed by atoms with E-state index in [-0.39, 0.29) is 11.9 Å². The maximum absolute atomic E-state index is 12.2. The summed E-state index contributed by atoms with van der Waals surface area (Å²) in [5.41, 5.74) is 0.948. The zero-order valence-electron chi connectivity index (χ0n) is 14.5. The molecule has 4 nitrogen and oxygen atoms in total. The van der Waals surface area contributed by atoms with Crippen molar-refractivity contribution in [3.8, 4) is 5.75 Å². The van der Waals surface area contributed by atoms with Gasteiger partial charge in [-0.3, -0.25) is 9.69 Å². The Morgan fingerprint density at radius 3 is 2.88 bits per heavy atom. The average molecular weight is 356 g/mol. The van der Waals surface area contributed by atoms with Gasteiger partial charge in [-0.2, -0.15) is 0 Å². The molecule has 1 amide bonds. The SMILES string of the molecule is COc1cccc(/C=C/C(=O)NC[C@H](c2cccs2)N2CCCC2)c1. The van der Waals surface area contributed by atoms with Gasteiger partial charge in [0.25, 0.3) is 0 Å². The number of methoxy groups -OCH3 is 1. The van der Waals surface area contributed by atoms with E-state index in [0.29, 0.717) is 6.54 Å². The van der Waals surface area contributed by atoms with Crippen LogP contribution in [0.25, 0.3) is 6.08 Å². The van der Waals surface area contributed by atoms with Crippen LogP contribution in [0.1, 0.15) is 29.3 Å². The number of nitrogens with one attached hydrogen (secondary N) is 1. The average Bonchev–Trinajstić information content (AvgIpc) is 3.35. The smallest absolute Gasteiger partial charge is 0.244 e. The molecule has 1 aliphatic rings. The minimum Gasteiger partial charge on any atom is -0.497 e. The van der Waals surface area contributed by atoms with Gasteiger partial charge in [-0.1, -0.05) is 18.2 Å². The summed E-state index contributed by atoms with van der Waals surface area (Å²) in [7, 11) is 1.64. The van der Waals surface area contributed by atoms with Crippen LogP contribution in [0.5, 0.6) is 5.75 Å². The number of carbonyl (C=O) groups excluding carboxylic acids is 1. The monoisotopic (exact) mass is 356 g/mol. The fraction of sp³-hybridized carbons (Fsp3) is 0.350. The zero-order chi connectivity index (χ0) is 17.5. The van der Waals surface area contributed by atoms with Gasteiger partial charge in [0.1, 0.15) is 5.75 Å². The largest absolute Gasteiger partial charge is 0.497 e. The summed E-state index contributed by atoms with van der Waals surface area (Å²) >= 11 is 1.76. The van der Waals surface area contributed by atoms with Crippen LogP contribution in [-0.4, -0.2) is 37.6 Å². The summed E-state index contributed by atoms with van der Waals surface area (Å²) in [5.74, 6) is 0.720. The molecule has 2 aromatic rings. The third-order valence-electron chi connectivity index (χ3n) is 4.44. The molecule has 0 bridgehead atoms. The predicted octanol–water partition coefficient (Wildman–Crippen LogP) is 3.72. The maximum atomic E-state index is 12.2. The van der Waals surface area contributed by atoms with E-state index in [4.69, 9.17) is 4.74 Å². The van der Waals surface area contributed by atoms with Crippen LogP contribution in [0.3, 0.4) is 0 Å². The Balaban J connectivity index is 1.58. The highest BCUT2D eigenvalue weighted by molar-refractivity contribution is 7.10. The second-order valence-corrected chi connectivity index (χ2v) is 7.11. The summed E-state index contributed by atoms with van der Waals surface area (Å²) < 4.78 is 5.20. The molecule has 5 heteroatoms. The summed E-state index contributed by atoms with van der Waals surface area (Å²) in [5, 5.41) is 5.15. The molecule has 0 spiro atoms. The predicted molar refractivity (Wildman–Crippen MR) is 103 cm³/mol. The van der Waals surface area contributed by atoms with Gasteiger partial charge in [0.05, 0.1) is 13.2 Å². The lowest BCUT2D eigenvalue weighted by molar-refractivity contribution is -0.116. The minimum absolute atomic E-state index is 0.0661. The van der Waals surface area contributed by atoms with Crippen molar-refractivity contribution in [2.45, 2.75) is 18.9 Å². The highest BCUT2D eigenvalue weighted by Gasteiger charge is 2.24. The van der Waals surface area contributed by atoms with E-state index in [1.54, 1.807) is 24.5 Å². The van der Waals surface area contributed by atoms with Crippen molar-refractivity contribution in [3.05, 3.63) is 58.3 Å². The minimum atomic E-state index is -0.0661. The number of amides is 1. The quantitative estimate of drug-likeness (QED) is 0.769. The molecule has 1 aromatic heterocycles. The first-order valence-electron chi connectivity index (χ1n) is 8.63. The van der Waals surface area contributed by atoms with Crippen molar-refractivity contribution >= 4 is 23.3 Å². The third-order valence-corrected chi connectivity index (χ3v) is 5.42. The molecule has 1 atom stereocenters. The van der Waals surface area contributed by atoms with Crippen molar-refractivity contribution in [2.24, 2.45) is 0 Å². The molecule has 0 aliphatic carbocycles. The van der Waals surface area contributed by atoms with E-state index in [1.165, 1.54) is 17.7 Å². The number of hydrogen-bond donors (Lipinski definition) is 1. The molecule has 0 radical (unpaired) electrons. The molecule has 0 unspecified atom stereocenters. The Morgan fingerprint density at radius 1 is 1.32 bits per heavy atom. The van der Waals surface area contributed by atoms with Gasteiger partial charge in [-0.05, 0) is 61.1 Å². The van der Waals surface area contributed by atoms with Crippen molar-refractivity contribution in [2.75, 3.05) is 26.7 Å². The summed E-state index contributed by atoms with van der Waals surface area (Å²) in [6.07, 6.45) is 5.88. The van der Waals surface area contributed by atoms with Crippen molar-refractivity contribution in [3.63, 3.8) is 0 Å². The molecular weight excluding hydrogens is 332 g/mol. The number of ether oxygens (including phenoxy) is 1. The molecule has 2 heterocycles. The maximum Gasteiger partial charge on any atom is 0.244 e. The number of benzene rings is 1. The molecule has 132 valence electrons. The Bertz CT molecular complexity index is 706. The topological polar surface area (TPSA) is 41.6 Å². The highest BCUT2D eigenvalue weighted by Crippen LogP contribution is 2.27. The molecular formula is C20H24N2O2S. The fourth-order valence-electron chi connectivity index (χ4n) is 3.12. The third kappa shape index (κ3) is 4.94. The number of thiophene rings is 1. The van der Waals surface area contributed by atoms with Crippen LogP contribution in [0.4, 0.5) is 0 Å². The standard InChI is InChI=1S/C20H24N2O2S/c1-24-17-7-4-6-16(14-17)9-10-20(23)21-15-18(19-8-5-13-25-19)22-11-2-3-12-22/h4-10,13-14,18H,2-3,11-12,15H2,1H3,(H,21,23)/b10-9+/t18-/m1/s1. The van der Waals surface area contributed by atoms with Crippen LogP contribution in [0.15, 0.2) is 47.9 Å². The highest BCUT2D eigenvalue weighted by atomic mass is 32.1. The lowest BCUT2D eigenvalue weighted by atomic mass is 10.2. The Morgan fingerprint density at radius 2 is 2.16 bits per heavy atom. The molecule has 3 rings (SSSR count). The van der Waals surface area contributed by atoms with E-state index >= 15 is 0 Å². The van der Waals surface area contributed by atoms with E-state index in [2.05, 4.69) is 27.7 Å². The summed E-state index contributed by atoms with van der Waals surface area (Å²) in [4.78, 5) is 16.0. The van der Waals surface area contributed by atoms with Gasteiger partial charge in [-0.25, -0.2) is 0 Å². The number of carbonyl (C=O) groups is 1. The van der Waals surface area contributed by atoms with Gasteiger partial charge >= 0.3 is 0 Å². The van der Waals surface area contributed by atoms with Crippen LogP contribution < -0.4 is 10.1 Å². The second-order valence-electron chi connectivity index (χ2n) is 6.13. The zero-order valence-corrected chi connectivity index (χ0v) is 15.3. The van der Waals surface area contributed by atoms with E-state index in [1.807, 2.05) is 30.3 Å². The number of likely N-dealkylation sites (tertiary alicyclic amines) is 1. The molecule has 1 aliphatic heterocycles. The molecule has 1 N–H and O–H groups in total. The van der Waals surface area contributed by atoms with Gasteiger partial charge in [0.2, 0.25) is 5.91 Å². The van der Waals surface area contributed by atoms with E-state index < -0.39 is 0 Å². The molecule has 1 saturated heterocycles. The fourth-order valence-corrected chi connectivity index (χ4v) is 3.98. The first-order chi connectivity index (χ1) is 12.3. The lowest BCUT2D eigenvalue weighted by Crippen LogP contribution is -2.35. The van der Waals surface area contributed by atoms with Crippen LogP contribution in [0, 0.1) is 0 Å². The molecule has 25 heavy (non-hydrogen) atoms. The van der Waals surface area contributed by atoms with Crippen molar-refractivity contribution in [1.29, 1.82) is 0 Å². The van der Waals surface area contributed by atoms with Crippen LogP contribution >= 0.6 is 11.3 Å². The number of nitrogens with zero attached hydrogens (tertiary/aromatic N) is 1. The van der Waals surface area contributed by atoms with Gasteiger partial charge in [0, 0.05) is 17.5 Å². The molecule has 1 fully saturated rings. The lowest BCUT2D eigenvalue weighted by Gasteiger charge is -2.26. The summed E-state index contributed by atoms with van der Waals surface area (Å²) in [6.45, 7) is 2.86. The van der Waals surface area contributed by atoms with Gasteiger partial charge < -0.3 is 10.1 Å².